The molecule has 1 aromatic carbocycles. The van der Waals surface area contributed by atoms with Gasteiger partial charge < -0.3 is 10.6 Å². The Bertz CT molecular complexity index is 576. The summed E-state index contributed by atoms with van der Waals surface area (Å²) in [5, 5.41) is 0.156. The van der Waals surface area contributed by atoms with Crippen molar-refractivity contribution in [2.24, 2.45) is 5.92 Å². The van der Waals surface area contributed by atoms with Crippen molar-refractivity contribution in [3.05, 3.63) is 41.2 Å². The van der Waals surface area contributed by atoms with Crippen LogP contribution in [0.15, 0.2) is 30.3 Å². The van der Waals surface area contributed by atoms with E-state index in [9.17, 15) is 0 Å². The number of nitrogen functional groups attached to an aromatic ring is 1. The van der Waals surface area contributed by atoms with Crippen LogP contribution >= 0.6 is 11.6 Å². The van der Waals surface area contributed by atoms with Gasteiger partial charge in [-0.2, -0.15) is 15.0 Å². The lowest BCUT2D eigenvalue weighted by atomic mass is 9.90. The fourth-order valence-corrected chi connectivity index (χ4v) is 2.94. The standard InChI is InChI=1S/C15H18ClN5/c16-13-18-14(17)20-15(19-13)21-8-6-12(7-9-21)10-11-4-2-1-3-5-11/h1-5,12H,6-10H2,(H2,17,18,19,20). The quantitative estimate of drug-likeness (QED) is 0.944. The highest BCUT2D eigenvalue weighted by molar-refractivity contribution is 6.28. The lowest BCUT2D eigenvalue weighted by molar-refractivity contribution is 0.400. The molecule has 1 aromatic heterocycles. The van der Waals surface area contributed by atoms with Crippen LogP contribution in [0.3, 0.4) is 0 Å². The molecule has 110 valence electrons. The van der Waals surface area contributed by atoms with Crippen LogP contribution in [0, 0.1) is 5.92 Å². The lowest BCUT2D eigenvalue weighted by Crippen LogP contribution is -2.35. The number of hydrogen-bond acceptors (Lipinski definition) is 5. The SMILES string of the molecule is Nc1nc(Cl)nc(N2CCC(Cc3ccccc3)CC2)n1. The van der Waals surface area contributed by atoms with Gasteiger partial charge in [-0.05, 0) is 42.3 Å². The molecule has 0 aliphatic carbocycles. The number of hydrogen-bond donors (Lipinski definition) is 1. The maximum Gasteiger partial charge on any atom is 0.231 e. The highest BCUT2D eigenvalue weighted by atomic mass is 35.5. The molecule has 0 unspecified atom stereocenters. The molecule has 1 aliphatic heterocycles. The Morgan fingerprint density at radius 2 is 1.81 bits per heavy atom. The third kappa shape index (κ3) is 3.61. The number of anilines is 2. The molecule has 0 atom stereocenters. The Labute approximate surface area is 129 Å². The van der Waals surface area contributed by atoms with Crippen LogP contribution < -0.4 is 10.6 Å². The first-order chi connectivity index (χ1) is 10.2. The van der Waals surface area contributed by atoms with E-state index in [0.29, 0.717) is 11.9 Å². The van der Waals surface area contributed by atoms with Crippen molar-refractivity contribution in [1.82, 2.24) is 15.0 Å². The Balaban J connectivity index is 1.60. The van der Waals surface area contributed by atoms with E-state index in [1.165, 1.54) is 5.56 Å². The molecule has 0 saturated carbocycles. The highest BCUT2D eigenvalue weighted by Crippen LogP contribution is 2.24. The van der Waals surface area contributed by atoms with Gasteiger partial charge in [0.25, 0.3) is 0 Å². The van der Waals surface area contributed by atoms with Gasteiger partial charge in [-0.15, -0.1) is 0 Å². The molecule has 1 fully saturated rings. The molecule has 3 rings (SSSR count). The zero-order valence-corrected chi connectivity index (χ0v) is 12.5. The fraction of sp³-hybridized carbons (Fsp3) is 0.400. The number of aromatic nitrogens is 3. The van der Waals surface area contributed by atoms with E-state index in [1.807, 2.05) is 0 Å². The van der Waals surface area contributed by atoms with E-state index in [2.05, 4.69) is 50.2 Å². The minimum atomic E-state index is 0.156. The van der Waals surface area contributed by atoms with Gasteiger partial charge in [0.05, 0.1) is 0 Å². The minimum Gasteiger partial charge on any atom is -0.368 e. The zero-order chi connectivity index (χ0) is 14.7. The summed E-state index contributed by atoms with van der Waals surface area (Å²) >= 11 is 5.84. The van der Waals surface area contributed by atoms with Crippen LogP contribution in [-0.4, -0.2) is 28.0 Å². The summed E-state index contributed by atoms with van der Waals surface area (Å²) in [5.41, 5.74) is 7.03. The van der Waals surface area contributed by atoms with E-state index in [4.69, 9.17) is 17.3 Å². The molecule has 0 radical (unpaired) electrons. The molecule has 2 aromatic rings. The van der Waals surface area contributed by atoms with Crippen molar-refractivity contribution in [2.75, 3.05) is 23.7 Å². The summed E-state index contributed by atoms with van der Waals surface area (Å²) in [6.07, 6.45) is 3.38. The van der Waals surface area contributed by atoms with Crippen molar-refractivity contribution in [2.45, 2.75) is 19.3 Å². The number of rotatable bonds is 3. The first-order valence-electron chi connectivity index (χ1n) is 7.16. The summed E-state index contributed by atoms with van der Waals surface area (Å²) in [7, 11) is 0. The average molecular weight is 304 g/mol. The normalized spacial score (nSPS) is 16.1. The molecule has 0 spiro atoms. The zero-order valence-electron chi connectivity index (χ0n) is 11.7. The maximum atomic E-state index is 5.84. The van der Waals surface area contributed by atoms with Crippen LogP contribution in [-0.2, 0) is 6.42 Å². The van der Waals surface area contributed by atoms with Gasteiger partial charge in [0.2, 0.25) is 17.2 Å². The largest absolute Gasteiger partial charge is 0.368 e. The topological polar surface area (TPSA) is 67.9 Å². The monoisotopic (exact) mass is 303 g/mol. The molecule has 1 saturated heterocycles. The van der Waals surface area contributed by atoms with Gasteiger partial charge in [-0.3, -0.25) is 0 Å². The molecule has 5 nitrogen and oxygen atoms in total. The van der Waals surface area contributed by atoms with Crippen molar-refractivity contribution < 1.29 is 0 Å². The van der Waals surface area contributed by atoms with Gasteiger partial charge in [-0.1, -0.05) is 30.3 Å². The second-order valence-electron chi connectivity index (χ2n) is 5.38. The van der Waals surface area contributed by atoms with Gasteiger partial charge >= 0.3 is 0 Å². The third-order valence-corrected chi connectivity index (χ3v) is 4.05. The predicted molar refractivity (Wildman–Crippen MR) is 84.3 cm³/mol. The highest BCUT2D eigenvalue weighted by Gasteiger charge is 2.21. The molecule has 6 heteroatoms. The summed E-state index contributed by atoms with van der Waals surface area (Å²) in [6, 6.07) is 10.6. The average Bonchev–Trinajstić information content (AvgIpc) is 2.48. The van der Waals surface area contributed by atoms with Crippen molar-refractivity contribution in [3.63, 3.8) is 0 Å². The Morgan fingerprint density at radius 3 is 2.48 bits per heavy atom. The molecule has 0 amide bonds. The second kappa shape index (κ2) is 6.26. The molecule has 0 bridgehead atoms. The Kier molecular flexibility index (Phi) is 4.20. The molecule has 2 heterocycles. The van der Waals surface area contributed by atoms with Crippen LogP contribution in [0.25, 0.3) is 0 Å². The smallest absolute Gasteiger partial charge is 0.231 e. The molecular formula is C15H18ClN5. The van der Waals surface area contributed by atoms with E-state index < -0.39 is 0 Å². The van der Waals surface area contributed by atoms with Gasteiger partial charge in [0.1, 0.15) is 0 Å². The van der Waals surface area contributed by atoms with Gasteiger partial charge in [0.15, 0.2) is 0 Å². The van der Waals surface area contributed by atoms with Crippen molar-refractivity contribution >= 4 is 23.5 Å². The number of benzene rings is 1. The lowest BCUT2D eigenvalue weighted by Gasteiger charge is -2.32. The summed E-state index contributed by atoms with van der Waals surface area (Å²) in [4.78, 5) is 14.2. The minimum absolute atomic E-state index is 0.156. The number of halogens is 1. The predicted octanol–water partition coefficient (Wildman–Crippen LogP) is 2.57. The first kappa shape index (κ1) is 14.1. The summed E-state index contributed by atoms with van der Waals surface area (Å²) in [6.45, 7) is 1.86. The van der Waals surface area contributed by atoms with Gasteiger partial charge in [0, 0.05) is 13.1 Å². The maximum absolute atomic E-state index is 5.84. The van der Waals surface area contributed by atoms with E-state index in [0.717, 1.165) is 32.4 Å². The molecule has 1 aliphatic rings. The number of nitrogens with two attached hydrogens (primary N) is 1. The molecule has 2 N–H and O–H groups in total. The van der Waals surface area contributed by atoms with E-state index >= 15 is 0 Å². The summed E-state index contributed by atoms with van der Waals surface area (Å²) < 4.78 is 0. The van der Waals surface area contributed by atoms with Crippen LogP contribution in [0.1, 0.15) is 18.4 Å². The van der Waals surface area contributed by atoms with Crippen LogP contribution in [0.5, 0.6) is 0 Å². The number of piperidine rings is 1. The first-order valence-corrected chi connectivity index (χ1v) is 7.54. The fourth-order valence-electron chi connectivity index (χ4n) is 2.78. The third-order valence-electron chi connectivity index (χ3n) is 3.88. The summed E-state index contributed by atoms with van der Waals surface area (Å²) in [5.74, 6) is 1.47. The molecular weight excluding hydrogens is 286 g/mol. The Morgan fingerprint density at radius 1 is 1.10 bits per heavy atom. The van der Waals surface area contributed by atoms with Crippen molar-refractivity contribution in [3.8, 4) is 0 Å². The second-order valence-corrected chi connectivity index (χ2v) is 5.72. The van der Waals surface area contributed by atoms with Crippen LogP contribution in [0.2, 0.25) is 5.28 Å². The van der Waals surface area contributed by atoms with Crippen LogP contribution in [0.4, 0.5) is 11.9 Å². The van der Waals surface area contributed by atoms with Gasteiger partial charge in [-0.25, -0.2) is 0 Å². The van der Waals surface area contributed by atoms with E-state index in [-0.39, 0.29) is 11.2 Å². The van der Waals surface area contributed by atoms with Crippen molar-refractivity contribution in [1.29, 1.82) is 0 Å². The van der Waals surface area contributed by atoms with E-state index in [1.54, 1.807) is 0 Å². The number of nitrogens with zero attached hydrogens (tertiary/aromatic N) is 4. The molecule has 21 heavy (non-hydrogen) atoms. The Hall–Kier alpha value is -1.88.